The fourth-order valence-corrected chi connectivity index (χ4v) is 4.60. The van der Waals surface area contributed by atoms with Crippen LogP contribution < -0.4 is 5.32 Å². The van der Waals surface area contributed by atoms with Gasteiger partial charge in [-0.05, 0) is 29.9 Å². The molecule has 1 amide bonds. The molecule has 0 aliphatic carbocycles. The maximum Gasteiger partial charge on any atom is 0.407 e. The van der Waals surface area contributed by atoms with E-state index in [0.717, 1.165) is 23.2 Å². The first-order valence-corrected chi connectivity index (χ1v) is 11.1. The molecule has 0 unspecified atom stereocenters. The van der Waals surface area contributed by atoms with E-state index < -0.39 is 6.09 Å². The first-order valence-electron chi connectivity index (χ1n) is 9.68. The number of aromatic nitrogens is 1. The Balaban J connectivity index is 1.54. The van der Waals surface area contributed by atoms with Crippen LogP contribution in [0.15, 0.2) is 54.6 Å². The van der Waals surface area contributed by atoms with Gasteiger partial charge in [0, 0.05) is 28.9 Å². The molecule has 2 atom stereocenters. The summed E-state index contributed by atoms with van der Waals surface area (Å²) >= 11 is 1.62. The van der Waals surface area contributed by atoms with Crippen molar-refractivity contribution in [2.24, 2.45) is 0 Å². The van der Waals surface area contributed by atoms with E-state index >= 15 is 0 Å². The first-order chi connectivity index (χ1) is 14.2. The zero-order valence-electron chi connectivity index (χ0n) is 16.3. The van der Waals surface area contributed by atoms with Crippen LogP contribution in [0.25, 0.3) is 10.9 Å². The lowest BCUT2D eigenvalue weighted by Crippen LogP contribution is -2.49. The van der Waals surface area contributed by atoms with Gasteiger partial charge < -0.3 is 20.2 Å². The lowest BCUT2D eigenvalue weighted by molar-refractivity contribution is -0.140. The Hall–Kier alpha value is -2.48. The predicted octanol–water partition coefficient (Wildman–Crippen LogP) is 4.11. The number of carbonyl (C=O) groups excluding carboxylic acids is 1. The number of amides is 1. The van der Waals surface area contributed by atoms with Gasteiger partial charge in [0.25, 0.3) is 0 Å². The van der Waals surface area contributed by atoms with Crippen molar-refractivity contribution in [3.05, 3.63) is 71.4 Å². The fourth-order valence-electron chi connectivity index (χ4n) is 3.97. The van der Waals surface area contributed by atoms with E-state index in [0.29, 0.717) is 12.3 Å². The van der Waals surface area contributed by atoms with Gasteiger partial charge in [-0.25, -0.2) is 4.79 Å². The van der Waals surface area contributed by atoms with Crippen molar-refractivity contribution in [3.63, 3.8) is 0 Å². The molecule has 29 heavy (non-hydrogen) atoms. The van der Waals surface area contributed by atoms with Crippen molar-refractivity contribution >= 4 is 28.8 Å². The highest BCUT2D eigenvalue weighted by Crippen LogP contribution is 2.36. The summed E-state index contributed by atoms with van der Waals surface area (Å²) in [5.74, 6) is 0.650. The molecule has 1 aliphatic rings. The molecule has 6 nitrogen and oxygen atoms in total. The minimum atomic E-state index is -0.482. The summed E-state index contributed by atoms with van der Waals surface area (Å²) in [6.07, 6.45) is 2.27. The molecular weight excluding hydrogens is 386 g/mol. The van der Waals surface area contributed by atoms with Crippen LogP contribution in [0.2, 0.25) is 0 Å². The van der Waals surface area contributed by atoms with Gasteiger partial charge in [0.15, 0.2) is 0 Å². The van der Waals surface area contributed by atoms with E-state index in [1.54, 1.807) is 11.8 Å². The maximum atomic E-state index is 12.5. The van der Waals surface area contributed by atoms with Crippen molar-refractivity contribution in [3.8, 4) is 0 Å². The number of aromatic amines is 1. The number of nitrogens with one attached hydrogen (secondary N) is 2. The Kier molecular flexibility index (Phi) is 6.08. The highest BCUT2D eigenvalue weighted by Gasteiger charge is 2.36. The van der Waals surface area contributed by atoms with Crippen LogP contribution in [0.4, 0.5) is 4.79 Å². The molecule has 3 N–H and O–H groups in total. The highest BCUT2D eigenvalue weighted by molar-refractivity contribution is 7.98. The lowest BCUT2D eigenvalue weighted by atomic mass is 9.95. The van der Waals surface area contributed by atoms with Gasteiger partial charge in [0.2, 0.25) is 0 Å². The second-order valence-corrected chi connectivity index (χ2v) is 8.10. The second kappa shape index (κ2) is 8.90. The lowest BCUT2D eigenvalue weighted by Gasteiger charge is -2.36. The summed E-state index contributed by atoms with van der Waals surface area (Å²) in [5.41, 5.74) is 4.15. The molecule has 1 aliphatic heterocycles. The number of carbonyl (C=O) groups is 1. The highest BCUT2D eigenvalue weighted by atomic mass is 32.2. The number of benzene rings is 2. The Labute approximate surface area is 174 Å². The van der Waals surface area contributed by atoms with Crippen molar-refractivity contribution in [1.82, 2.24) is 15.4 Å². The second-order valence-electron chi connectivity index (χ2n) is 7.19. The van der Waals surface area contributed by atoms with E-state index in [1.807, 2.05) is 54.8 Å². The van der Waals surface area contributed by atoms with Gasteiger partial charge in [-0.2, -0.15) is 16.8 Å². The Bertz CT molecular complexity index is 976. The van der Waals surface area contributed by atoms with Gasteiger partial charge >= 0.3 is 6.09 Å². The molecule has 0 spiro atoms. The van der Waals surface area contributed by atoms with Gasteiger partial charge in [0.1, 0.15) is 6.61 Å². The molecule has 0 bridgehead atoms. The quantitative estimate of drug-likeness (QED) is 0.569. The van der Waals surface area contributed by atoms with Crippen LogP contribution in [0.1, 0.15) is 22.9 Å². The number of hydroxylamine groups is 2. The number of thioether (sulfide) groups is 1. The molecule has 3 aromatic rings. The van der Waals surface area contributed by atoms with E-state index in [4.69, 9.17) is 4.74 Å². The number of hydrogen-bond acceptors (Lipinski definition) is 5. The normalized spacial score (nSPS) is 17.7. The Morgan fingerprint density at radius 2 is 2.03 bits per heavy atom. The van der Waals surface area contributed by atoms with Gasteiger partial charge in [-0.3, -0.25) is 0 Å². The third-order valence-electron chi connectivity index (χ3n) is 5.30. The smallest absolute Gasteiger partial charge is 0.407 e. The molecule has 4 rings (SSSR count). The summed E-state index contributed by atoms with van der Waals surface area (Å²) in [6, 6.07) is 17.1. The number of rotatable bonds is 6. The molecule has 7 heteroatoms. The number of H-pyrrole nitrogens is 1. The molecule has 0 saturated heterocycles. The SMILES string of the molecule is CSC[C@H](NC(=O)OCc1ccccc1)[C@H]1c2[nH]c3ccccc3c2CCN1O. The summed E-state index contributed by atoms with van der Waals surface area (Å²) < 4.78 is 5.41. The number of ether oxygens (including phenoxy) is 1. The average molecular weight is 412 g/mol. The Morgan fingerprint density at radius 1 is 1.28 bits per heavy atom. The Morgan fingerprint density at radius 3 is 2.83 bits per heavy atom. The van der Waals surface area contributed by atoms with Gasteiger partial charge in [-0.1, -0.05) is 48.5 Å². The summed E-state index contributed by atoms with van der Waals surface area (Å²) in [6.45, 7) is 0.731. The van der Waals surface area contributed by atoms with Crippen molar-refractivity contribution in [2.45, 2.75) is 25.1 Å². The monoisotopic (exact) mass is 411 g/mol. The van der Waals surface area contributed by atoms with Crippen LogP contribution in [0.3, 0.4) is 0 Å². The van der Waals surface area contributed by atoms with Crippen LogP contribution in [0, 0.1) is 0 Å². The minimum Gasteiger partial charge on any atom is -0.445 e. The topological polar surface area (TPSA) is 77.6 Å². The van der Waals surface area contributed by atoms with Crippen LogP contribution in [-0.4, -0.2) is 45.9 Å². The predicted molar refractivity (Wildman–Crippen MR) is 115 cm³/mol. The molecule has 0 radical (unpaired) electrons. The molecule has 2 heterocycles. The summed E-state index contributed by atoms with van der Waals surface area (Å²) in [5, 5.41) is 16.1. The number of hydrogen-bond donors (Lipinski definition) is 3. The fraction of sp³-hybridized carbons (Fsp3) is 0.318. The summed E-state index contributed by atoms with van der Waals surface area (Å²) in [7, 11) is 0. The van der Waals surface area contributed by atoms with Gasteiger partial charge in [0.05, 0.1) is 12.1 Å². The summed E-state index contributed by atoms with van der Waals surface area (Å²) in [4.78, 5) is 15.9. The molecule has 152 valence electrons. The van der Waals surface area contributed by atoms with Crippen LogP contribution >= 0.6 is 11.8 Å². The van der Waals surface area contributed by atoms with Crippen molar-refractivity contribution in [2.75, 3.05) is 18.6 Å². The molecule has 0 fully saturated rings. The third kappa shape index (κ3) is 4.27. The largest absolute Gasteiger partial charge is 0.445 e. The van der Waals surface area contributed by atoms with Crippen molar-refractivity contribution < 1.29 is 14.7 Å². The van der Waals surface area contributed by atoms with E-state index in [2.05, 4.69) is 16.4 Å². The van der Waals surface area contributed by atoms with Crippen molar-refractivity contribution in [1.29, 1.82) is 0 Å². The third-order valence-corrected chi connectivity index (χ3v) is 5.99. The van der Waals surface area contributed by atoms with E-state index in [9.17, 15) is 10.0 Å². The van der Waals surface area contributed by atoms with E-state index in [-0.39, 0.29) is 18.7 Å². The molecule has 2 aromatic carbocycles. The number of fused-ring (bicyclic) bond motifs is 3. The minimum absolute atomic E-state index is 0.212. The van der Waals surface area contributed by atoms with Gasteiger partial charge in [-0.15, -0.1) is 0 Å². The number of para-hydroxylation sites is 1. The zero-order chi connectivity index (χ0) is 20.2. The molecule has 0 saturated carbocycles. The molecule has 1 aromatic heterocycles. The maximum absolute atomic E-state index is 12.5. The number of alkyl carbamates (subject to hydrolysis) is 1. The first kappa shape index (κ1) is 19.8. The standard InChI is InChI=1S/C22H25N3O3S/c1-29-14-19(24-22(26)28-13-15-7-3-2-4-8-15)21-20-17(11-12-25(21)27)16-9-5-6-10-18(16)23-20/h2-10,19,21,23,27H,11-14H2,1H3,(H,24,26)/t19-,21-/m0/s1. The molecular formula is C22H25N3O3S. The van der Waals surface area contributed by atoms with E-state index in [1.165, 1.54) is 16.0 Å². The number of nitrogens with zero attached hydrogens (tertiary/aromatic N) is 1. The average Bonchev–Trinajstić information content (AvgIpc) is 3.11. The zero-order valence-corrected chi connectivity index (χ0v) is 17.1. The van der Waals surface area contributed by atoms with Crippen LogP contribution in [-0.2, 0) is 17.8 Å². The van der Waals surface area contributed by atoms with Crippen LogP contribution in [0.5, 0.6) is 0 Å².